The average Bonchev–Trinajstić information content (AvgIpc) is 2.09. The lowest BCUT2D eigenvalue weighted by molar-refractivity contribution is 0.868. The molecule has 0 aliphatic heterocycles. The normalized spacial score (nSPS) is 9.90. The van der Waals surface area contributed by atoms with Gasteiger partial charge in [-0.3, -0.25) is 0 Å². The van der Waals surface area contributed by atoms with Crippen LogP contribution < -0.4 is 5.43 Å². The predicted octanol–water partition coefficient (Wildman–Crippen LogP) is 1.34. The van der Waals surface area contributed by atoms with E-state index in [0.29, 0.717) is 0 Å². The highest BCUT2D eigenvalue weighted by Crippen LogP contribution is 2.02. The van der Waals surface area contributed by atoms with Crippen molar-refractivity contribution in [2.24, 2.45) is 0 Å². The minimum atomic E-state index is 0.720. The molecular formula is C6H11N3S. The topological polar surface area (TPSA) is 32.8 Å². The third-order valence-corrected chi connectivity index (χ3v) is 1.88. The number of H-pyrrole nitrogens is 1. The van der Waals surface area contributed by atoms with E-state index in [4.69, 9.17) is 12.2 Å². The highest BCUT2D eigenvalue weighted by atomic mass is 32.1. The standard InChI is InChI=1S/C6H11N3S/c1-4-5(2)9(7-3)6(10)8-4/h7H,1-3H3,(H,8,10). The van der Waals surface area contributed by atoms with E-state index >= 15 is 0 Å². The van der Waals surface area contributed by atoms with Crippen molar-refractivity contribution in [1.82, 2.24) is 9.66 Å². The molecule has 10 heavy (non-hydrogen) atoms. The van der Waals surface area contributed by atoms with E-state index in [9.17, 15) is 0 Å². The molecule has 0 unspecified atom stereocenters. The predicted molar refractivity (Wildman–Crippen MR) is 44.4 cm³/mol. The summed E-state index contributed by atoms with van der Waals surface area (Å²) in [4.78, 5) is 3.04. The van der Waals surface area contributed by atoms with Crippen molar-refractivity contribution in [2.75, 3.05) is 12.5 Å². The largest absolute Gasteiger partial charge is 0.333 e. The first kappa shape index (κ1) is 7.34. The van der Waals surface area contributed by atoms with Crippen LogP contribution in [0.5, 0.6) is 0 Å². The molecule has 0 saturated carbocycles. The minimum absolute atomic E-state index is 0.720. The van der Waals surface area contributed by atoms with Gasteiger partial charge in [0.05, 0.1) is 5.69 Å². The molecular weight excluding hydrogens is 146 g/mol. The Labute approximate surface area is 65.0 Å². The van der Waals surface area contributed by atoms with Gasteiger partial charge in [0.2, 0.25) is 0 Å². The molecule has 0 spiro atoms. The van der Waals surface area contributed by atoms with E-state index in [2.05, 4.69) is 10.4 Å². The zero-order chi connectivity index (χ0) is 7.72. The molecule has 1 aromatic heterocycles. The van der Waals surface area contributed by atoms with Gasteiger partial charge in [0, 0.05) is 12.7 Å². The van der Waals surface area contributed by atoms with Gasteiger partial charge in [-0.2, -0.15) is 0 Å². The number of nitrogens with one attached hydrogen (secondary N) is 2. The summed E-state index contributed by atoms with van der Waals surface area (Å²) >= 11 is 5.00. The second-order valence-electron chi connectivity index (χ2n) is 2.20. The minimum Gasteiger partial charge on any atom is -0.333 e. The Kier molecular flexibility index (Phi) is 1.80. The van der Waals surface area contributed by atoms with Gasteiger partial charge < -0.3 is 10.4 Å². The zero-order valence-corrected chi connectivity index (χ0v) is 7.17. The molecule has 0 aromatic carbocycles. The van der Waals surface area contributed by atoms with Crippen molar-refractivity contribution in [3.05, 3.63) is 16.2 Å². The first-order valence-corrected chi connectivity index (χ1v) is 3.53. The first-order valence-electron chi connectivity index (χ1n) is 3.12. The SMILES string of the molecule is CNn1c(C)c(C)[nH]c1=S. The third kappa shape index (κ3) is 0.945. The molecule has 0 amide bonds. The van der Waals surface area contributed by atoms with Gasteiger partial charge in [0.15, 0.2) is 4.77 Å². The van der Waals surface area contributed by atoms with Crippen molar-refractivity contribution in [3.8, 4) is 0 Å². The molecule has 0 saturated heterocycles. The van der Waals surface area contributed by atoms with Crippen LogP contribution in [0.15, 0.2) is 0 Å². The van der Waals surface area contributed by atoms with Gasteiger partial charge in [0.25, 0.3) is 0 Å². The number of aromatic amines is 1. The van der Waals surface area contributed by atoms with Gasteiger partial charge in [0.1, 0.15) is 0 Å². The van der Waals surface area contributed by atoms with Crippen LogP contribution in [-0.2, 0) is 0 Å². The summed E-state index contributed by atoms with van der Waals surface area (Å²) in [6.07, 6.45) is 0. The molecule has 0 radical (unpaired) electrons. The molecule has 1 aromatic rings. The second kappa shape index (κ2) is 2.46. The van der Waals surface area contributed by atoms with Crippen LogP contribution in [0.1, 0.15) is 11.4 Å². The molecule has 4 heteroatoms. The summed E-state index contributed by atoms with van der Waals surface area (Å²) < 4.78 is 2.56. The molecule has 0 aliphatic rings. The Balaban J connectivity index is 3.34. The molecule has 0 bridgehead atoms. The van der Waals surface area contributed by atoms with E-state index in [0.717, 1.165) is 16.2 Å². The van der Waals surface area contributed by atoms with Crippen LogP contribution in [0.4, 0.5) is 0 Å². The lowest BCUT2D eigenvalue weighted by atomic mass is 10.4. The molecule has 0 aliphatic carbocycles. The maximum atomic E-state index is 5.00. The Bertz CT molecular complexity index is 284. The van der Waals surface area contributed by atoms with E-state index in [1.54, 1.807) is 0 Å². The molecule has 0 atom stereocenters. The van der Waals surface area contributed by atoms with Gasteiger partial charge in [-0.1, -0.05) is 0 Å². The van der Waals surface area contributed by atoms with Crippen molar-refractivity contribution < 1.29 is 0 Å². The highest BCUT2D eigenvalue weighted by Gasteiger charge is 1.99. The van der Waals surface area contributed by atoms with Crippen LogP contribution in [0, 0.1) is 18.6 Å². The fourth-order valence-electron chi connectivity index (χ4n) is 0.896. The van der Waals surface area contributed by atoms with Crippen LogP contribution in [0.3, 0.4) is 0 Å². The van der Waals surface area contributed by atoms with Crippen molar-refractivity contribution >= 4 is 12.2 Å². The van der Waals surface area contributed by atoms with Crippen LogP contribution in [0.2, 0.25) is 0 Å². The van der Waals surface area contributed by atoms with Crippen LogP contribution >= 0.6 is 12.2 Å². The molecule has 2 N–H and O–H groups in total. The summed E-state index contributed by atoms with van der Waals surface area (Å²) in [5.74, 6) is 0. The Morgan fingerprint density at radius 3 is 2.30 bits per heavy atom. The zero-order valence-electron chi connectivity index (χ0n) is 6.36. The molecule has 0 fully saturated rings. The summed E-state index contributed by atoms with van der Waals surface area (Å²) in [6.45, 7) is 4.01. The number of imidazole rings is 1. The maximum absolute atomic E-state index is 5.00. The average molecular weight is 157 g/mol. The number of aryl methyl sites for hydroxylation is 1. The molecule has 1 heterocycles. The third-order valence-electron chi connectivity index (χ3n) is 1.60. The first-order chi connectivity index (χ1) is 4.66. The van der Waals surface area contributed by atoms with E-state index in [1.165, 1.54) is 0 Å². The van der Waals surface area contributed by atoms with Crippen molar-refractivity contribution in [3.63, 3.8) is 0 Å². The number of nitrogens with zero attached hydrogens (tertiary/aromatic N) is 1. The summed E-state index contributed by atoms with van der Waals surface area (Å²) in [7, 11) is 1.84. The summed E-state index contributed by atoms with van der Waals surface area (Å²) in [6, 6.07) is 0. The van der Waals surface area contributed by atoms with Crippen molar-refractivity contribution in [1.29, 1.82) is 0 Å². The van der Waals surface area contributed by atoms with Crippen LogP contribution in [-0.4, -0.2) is 16.7 Å². The Morgan fingerprint density at radius 2 is 2.10 bits per heavy atom. The summed E-state index contributed by atoms with van der Waals surface area (Å²) in [5.41, 5.74) is 5.21. The highest BCUT2D eigenvalue weighted by molar-refractivity contribution is 7.71. The van der Waals surface area contributed by atoms with Crippen molar-refractivity contribution in [2.45, 2.75) is 13.8 Å². The fraction of sp³-hybridized carbons (Fsp3) is 0.500. The smallest absolute Gasteiger partial charge is 0.196 e. The number of rotatable bonds is 1. The molecule has 1 rings (SSSR count). The van der Waals surface area contributed by atoms with E-state index in [-0.39, 0.29) is 0 Å². The van der Waals surface area contributed by atoms with Crippen LogP contribution in [0.25, 0.3) is 0 Å². The summed E-state index contributed by atoms with van der Waals surface area (Å²) in [5, 5.41) is 0. The maximum Gasteiger partial charge on any atom is 0.196 e. The monoisotopic (exact) mass is 157 g/mol. The number of hydrogen-bond donors (Lipinski definition) is 2. The van der Waals surface area contributed by atoms with Gasteiger partial charge in [-0.05, 0) is 26.1 Å². The second-order valence-corrected chi connectivity index (χ2v) is 2.59. The number of aromatic nitrogens is 2. The van der Waals surface area contributed by atoms with E-state index < -0.39 is 0 Å². The Hall–Kier alpha value is -0.770. The van der Waals surface area contributed by atoms with Gasteiger partial charge in [-0.15, -0.1) is 0 Å². The van der Waals surface area contributed by atoms with E-state index in [1.807, 2.05) is 25.6 Å². The Morgan fingerprint density at radius 1 is 1.50 bits per heavy atom. The lowest BCUT2D eigenvalue weighted by Gasteiger charge is -2.01. The van der Waals surface area contributed by atoms with Gasteiger partial charge in [-0.25, -0.2) is 4.68 Å². The quantitative estimate of drug-likeness (QED) is 0.603. The molecule has 3 nitrogen and oxygen atoms in total. The van der Waals surface area contributed by atoms with Gasteiger partial charge >= 0.3 is 0 Å². The number of hydrogen-bond acceptors (Lipinski definition) is 2. The lowest BCUT2D eigenvalue weighted by Crippen LogP contribution is -2.10. The fourth-order valence-corrected chi connectivity index (χ4v) is 1.28. The molecule has 56 valence electrons.